The summed E-state index contributed by atoms with van der Waals surface area (Å²) >= 11 is 0. The summed E-state index contributed by atoms with van der Waals surface area (Å²) in [4.78, 5) is 9.79. The number of esters is 1. The van der Waals surface area contributed by atoms with E-state index in [1.807, 2.05) is 0 Å². The van der Waals surface area contributed by atoms with Crippen molar-refractivity contribution in [1.82, 2.24) is 0 Å². The summed E-state index contributed by atoms with van der Waals surface area (Å²) in [5.41, 5.74) is 0. The molecule has 0 aliphatic rings. The fraction of sp³-hybridized carbons (Fsp3) is 0.667. The van der Waals surface area contributed by atoms with E-state index in [0.29, 0.717) is 0 Å². The van der Waals surface area contributed by atoms with Crippen molar-refractivity contribution in [3.8, 4) is 0 Å². The fourth-order valence-electron chi connectivity index (χ4n) is 0.183. The summed E-state index contributed by atoms with van der Waals surface area (Å²) in [6, 6.07) is 0. The first kappa shape index (κ1) is 17.2. The summed E-state index contributed by atoms with van der Waals surface area (Å²) in [6.07, 6.45) is -1.36. The molecular formula is C3H7Cl2F3O2Si. The molecule has 0 spiro atoms. The van der Waals surface area contributed by atoms with Crippen molar-refractivity contribution in [2.45, 2.75) is 6.92 Å². The van der Waals surface area contributed by atoms with Gasteiger partial charge in [-0.3, -0.25) is 4.79 Å². The Bertz CT molecular complexity index is 118. The van der Waals surface area contributed by atoms with E-state index in [2.05, 4.69) is 4.74 Å². The van der Waals surface area contributed by atoms with Gasteiger partial charge >= 0.3 is 15.0 Å². The van der Waals surface area contributed by atoms with Crippen LogP contribution in [0.1, 0.15) is 6.92 Å². The van der Waals surface area contributed by atoms with Crippen molar-refractivity contribution >= 4 is 39.9 Å². The Hall–Kier alpha value is 0.0569. The van der Waals surface area contributed by atoms with E-state index in [1.165, 1.54) is 0 Å². The Morgan fingerprint density at radius 1 is 1.36 bits per heavy atom. The van der Waals surface area contributed by atoms with Crippen LogP contribution in [-0.2, 0) is 9.53 Å². The van der Waals surface area contributed by atoms with E-state index in [1.54, 1.807) is 0 Å². The quantitative estimate of drug-likeness (QED) is 0.411. The summed E-state index contributed by atoms with van der Waals surface area (Å²) < 4.78 is 37.5. The molecule has 0 aliphatic heterocycles. The lowest BCUT2D eigenvalue weighted by Crippen LogP contribution is -2.25. The maximum Gasteiger partial charge on any atom is 0.656 e. The van der Waals surface area contributed by atoms with Crippen molar-refractivity contribution in [3.63, 3.8) is 0 Å². The highest BCUT2D eigenvalue weighted by atomic mass is 35.5. The fourth-order valence-corrected chi connectivity index (χ4v) is 0.550. The van der Waals surface area contributed by atoms with Gasteiger partial charge in [0.1, 0.15) is 0 Å². The molecule has 0 saturated carbocycles. The second kappa shape index (κ2) is 6.75. The van der Waals surface area contributed by atoms with Gasteiger partial charge in [-0.25, -0.2) is 12.3 Å². The van der Waals surface area contributed by atoms with Crippen LogP contribution in [0.4, 0.5) is 12.3 Å². The highest BCUT2D eigenvalue weighted by molar-refractivity contribution is 6.58. The zero-order valence-corrected chi connectivity index (χ0v) is 8.11. The first-order valence-electron chi connectivity index (χ1n) is 2.12. The molecule has 0 amide bonds. The average molecular weight is 231 g/mol. The maximum atomic E-state index is 11.3. The number of carbonyl (C=O) groups excluding carboxylic acids is 1. The molecule has 0 bridgehead atoms. The zero-order chi connectivity index (χ0) is 7.49. The molecule has 0 aliphatic carbocycles. The van der Waals surface area contributed by atoms with Gasteiger partial charge in [0.05, 0.1) is 0 Å². The van der Waals surface area contributed by atoms with E-state index in [0.717, 1.165) is 6.92 Å². The van der Waals surface area contributed by atoms with E-state index < -0.39 is 21.3 Å². The minimum atomic E-state index is -5.66. The number of hydrogen-bond acceptors (Lipinski definition) is 2. The summed E-state index contributed by atoms with van der Waals surface area (Å²) in [5.74, 6) is -0.889. The number of carbonyl (C=O) groups is 1. The van der Waals surface area contributed by atoms with Crippen LogP contribution in [0, 0.1) is 0 Å². The minimum Gasteiger partial charge on any atom is -0.460 e. The normalized spacial score (nSPS) is 9.09. The molecule has 70 valence electrons. The molecular weight excluding hydrogens is 224 g/mol. The third kappa shape index (κ3) is 17.8. The van der Waals surface area contributed by atoms with Crippen LogP contribution >= 0.6 is 24.8 Å². The van der Waals surface area contributed by atoms with Crippen LogP contribution in [0.5, 0.6) is 0 Å². The third-order valence-corrected chi connectivity index (χ3v) is 0.911. The van der Waals surface area contributed by atoms with Crippen molar-refractivity contribution in [1.29, 1.82) is 0 Å². The van der Waals surface area contributed by atoms with Crippen molar-refractivity contribution in [3.05, 3.63) is 0 Å². The van der Waals surface area contributed by atoms with Gasteiger partial charge < -0.3 is 4.74 Å². The van der Waals surface area contributed by atoms with Gasteiger partial charge in [-0.15, -0.1) is 24.8 Å². The number of ether oxygens (including phenoxy) is 1. The molecule has 0 aromatic heterocycles. The van der Waals surface area contributed by atoms with Gasteiger partial charge in [0.15, 0.2) is 6.23 Å². The SMILES string of the molecule is CC(=O)OC[Si](F)(F)F.Cl.Cl. The first-order valence-corrected chi connectivity index (χ1v) is 3.96. The summed E-state index contributed by atoms with van der Waals surface area (Å²) in [7, 11) is -5.66. The molecule has 0 saturated heterocycles. The molecule has 0 N–H and O–H groups in total. The summed E-state index contributed by atoms with van der Waals surface area (Å²) in [5, 5.41) is 0. The second-order valence-electron chi connectivity index (χ2n) is 1.40. The van der Waals surface area contributed by atoms with Gasteiger partial charge in [0, 0.05) is 6.92 Å². The third-order valence-electron chi connectivity index (χ3n) is 0.439. The molecule has 0 fully saturated rings. The Labute approximate surface area is 75.5 Å². The molecule has 0 aromatic carbocycles. The number of hydrogen-bond donors (Lipinski definition) is 0. The van der Waals surface area contributed by atoms with Crippen LogP contribution in [0.25, 0.3) is 0 Å². The molecule has 8 heteroatoms. The second-order valence-corrected chi connectivity index (χ2v) is 2.91. The van der Waals surface area contributed by atoms with Crippen LogP contribution in [-0.4, -0.2) is 21.3 Å². The Balaban J connectivity index is -0.000000320. The highest BCUT2D eigenvalue weighted by Crippen LogP contribution is 2.07. The molecule has 0 radical (unpaired) electrons. The van der Waals surface area contributed by atoms with Gasteiger partial charge in [-0.2, -0.15) is 0 Å². The standard InChI is InChI=1S/C3H5F3O2Si.2ClH/c1-3(7)8-2-9(4,5)6;;/h2H2,1H3;2*1H. The van der Waals surface area contributed by atoms with E-state index in [4.69, 9.17) is 0 Å². The lowest BCUT2D eigenvalue weighted by molar-refractivity contribution is -0.139. The molecule has 0 atom stereocenters. The molecule has 11 heavy (non-hydrogen) atoms. The zero-order valence-electron chi connectivity index (χ0n) is 5.47. The Morgan fingerprint density at radius 2 is 1.73 bits per heavy atom. The van der Waals surface area contributed by atoms with Crippen molar-refractivity contribution in [2.75, 3.05) is 6.23 Å². The van der Waals surface area contributed by atoms with Crippen LogP contribution in [0.2, 0.25) is 0 Å². The van der Waals surface area contributed by atoms with Crippen LogP contribution in [0.15, 0.2) is 0 Å². The van der Waals surface area contributed by atoms with E-state index in [9.17, 15) is 17.1 Å². The predicted molar refractivity (Wildman–Crippen MR) is 40.2 cm³/mol. The average Bonchev–Trinajstić information content (AvgIpc) is 1.59. The van der Waals surface area contributed by atoms with Crippen molar-refractivity contribution in [2.24, 2.45) is 0 Å². The van der Waals surface area contributed by atoms with Gasteiger partial charge in [-0.1, -0.05) is 0 Å². The van der Waals surface area contributed by atoms with Crippen LogP contribution < -0.4 is 0 Å². The number of rotatable bonds is 2. The molecule has 0 unspecified atom stereocenters. The Kier molecular flexibility index (Phi) is 10.6. The number of halogens is 5. The van der Waals surface area contributed by atoms with Gasteiger partial charge in [-0.05, 0) is 0 Å². The van der Waals surface area contributed by atoms with E-state index >= 15 is 0 Å². The van der Waals surface area contributed by atoms with Gasteiger partial charge in [0.2, 0.25) is 0 Å². The predicted octanol–water partition coefficient (Wildman–Crippen LogP) is 1.78. The molecule has 0 heterocycles. The molecule has 2 nitrogen and oxygen atoms in total. The van der Waals surface area contributed by atoms with Crippen LogP contribution in [0.3, 0.4) is 0 Å². The summed E-state index contributed by atoms with van der Waals surface area (Å²) in [6.45, 7) is 0.945. The minimum absolute atomic E-state index is 0. The molecule has 0 rings (SSSR count). The lowest BCUT2D eigenvalue weighted by Gasteiger charge is -2.00. The first-order chi connectivity index (χ1) is 3.92. The van der Waals surface area contributed by atoms with Crippen molar-refractivity contribution < 1.29 is 21.9 Å². The topological polar surface area (TPSA) is 26.3 Å². The lowest BCUT2D eigenvalue weighted by atomic mass is 10.8. The smallest absolute Gasteiger partial charge is 0.460 e. The molecule has 0 aromatic rings. The van der Waals surface area contributed by atoms with Gasteiger partial charge in [0.25, 0.3) is 0 Å². The maximum absolute atomic E-state index is 11.3. The monoisotopic (exact) mass is 230 g/mol. The largest absolute Gasteiger partial charge is 0.656 e. The highest BCUT2D eigenvalue weighted by Gasteiger charge is 2.38. The van der Waals surface area contributed by atoms with E-state index in [-0.39, 0.29) is 24.8 Å². The Morgan fingerprint density at radius 3 is 1.82 bits per heavy atom.